The van der Waals surface area contributed by atoms with E-state index in [9.17, 15) is 14.0 Å². The molecule has 0 aromatic heterocycles. The second kappa shape index (κ2) is 11.2. The van der Waals surface area contributed by atoms with Gasteiger partial charge in [-0.05, 0) is 69.2 Å². The van der Waals surface area contributed by atoms with Crippen LogP contribution in [0.5, 0.6) is 5.75 Å². The molecule has 9 heteroatoms. The van der Waals surface area contributed by atoms with E-state index in [-0.39, 0.29) is 23.8 Å². The van der Waals surface area contributed by atoms with Gasteiger partial charge in [-0.15, -0.1) is 0 Å². The Morgan fingerprint density at radius 3 is 2.54 bits per heavy atom. The normalized spacial score (nSPS) is 10.9. The van der Waals surface area contributed by atoms with Gasteiger partial charge < -0.3 is 10.1 Å². The summed E-state index contributed by atoms with van der Waals surface area (Å²) in [5, 5.41) is 9.22. The Kier molecular flexibility index (Phi) is 7.89. The van der Waals surface area contributed by atoms with Crippen LogP contribution in [-0.2, 0) is 4.79 Å². The highest BCUT2D eigenvalue weighted by Crippen LogP contribution is 2.32. The van der Waals surface area contributed by atoms with Crippen LogP contribution >= 0.6 is 31.9 Å². The van der Waals surface area contributed by atoms with Crippen LogP contribution in [0.1, 0.15) is 15.9 Å². The first kappa shape index (κ1) is 24.6. The molecule has 0 bridgehead atoms. The van der Waals surface area contributed by atoms with E-state index in [1.807, 2.05) is 42.5 Å². The standard InChI is InChI=1S/C26H18Br2FN3O3/c27-20-10-19(25(23(28)13-20)35-26(34)18-6-3-7-21(29)11-18)14-31-32-24(33)15-30-22-9-8-16-4-1-2-5-17(16)12-22/h1-14,30H,15H2,(H,32,33)/b31-14+. The molecule has 176 valence electrons. The first-order valence-corrected chi connectivity index (χ1v) is 12.0. The molecule has 6 nitrogen and oxygen atoms in total. The third-order valence-corrected chi connectivity index (χ3v) is 5.93. The number of carbonyl (C=O) groups excluding carboxylic acids is 2. The molecule has 1 amide bonds. The minimum Gasteiger partial charge on any atom is -0.421 e. The predicted molar refractivity (Wildman–Crippen MR) is 141 cm³/mol. The van der Waals surface area contributed by atoms with Gasteiger partial charge in [0.25, 0.3) is 5.91 Å². The quantitative estimate of drug-likeness (QED) is 0.113. The number of ether oxygens (including phenoxy) is 1. The summed E-state index contributed by atoms with van der Waals surface area (Å²) in [6, 6.07) is 22.3. The van der Waals surface area contributed by atoms with Crippen molar-refractivity contribution < 1.29 is 18.7 Å². The summed E-state index contributed by atoms with van der Waals surface area (Å²) in [5.41, 5.74) is 3.74. The number of amides is 1. The first-order chi connectivity index (χ1) is 16.9. The van der Waals surface area contributed by atoms with Gasteiger partial charge in [-0.3, -0.25) is 4.79 Å². The molecule has 4 aromatic carbocycles. The first-order valence-electron chi connectivity index (χ1n) is 10.4. The summed E-state index contributed by atoms with van der Waals surface area (Å²) >= 11 is 6.74. The number of nitrogens with zero attached hydrogens (tertiary/aromatic N) is 1. The smallest absolute Gasteiger partial charge is 0.343 e. The average Bonchev–Trinajstić information content (AvgIpc) is 2.84. The Morgan fingerprint density at radius 2 is 1.74 bits per heavy atom. The summed E-state index contributed by atoms with van der Waals surface area (Å²) in [6.07, 6.45) is 1.36. The van der Waals surface area contributed by atoms with E-state index in [1.54, 1.807) is 12.1 Å². The van der Waals surface area contributed by atoms with Gasteiger partial charge in [0.1, 0.15) is 5.82 Å². The Morgan fingerprint density at radius 1 is 0.943 bits per heavy atom. The van der Waals surface area contributed by atoms with Gasteiger partial charge in [-0.1, -0.05) is 52.3 Å². The van der Waals surface area contributed by atoms with E-state index in [1.165, 1.54) is 24.4 Å². The average molecular weight is 599 g/mol. The summed E-state index contributed by atoms with van der Waals surface area (Å²) in [7, 11) is 0. The number of hydrazone groups is 1. The lowest BCUT2D eigenvalue weighted by molar-refractivity contribution is -0.119. The molecular weight excluding hydrogens is 581 g/mol. The van der Waals surface area contributed by atoms with E-state index in [2.05, 4.69) is 47.7 Å². The number of anilines is 1. The molecule has 0 radical (unpaired) electrons. The number of benzene rings is 4. The SMILES string of the molecule is O=C(CNc1ccc2ccccc2c1)N/N=C/c1cc(Br)cc(Br)c1OC(=O)c1cccc(F)c1. The number of nitrogens with one attached hydrogen (secondary N) is 2. The second-order valence-electron chi connectivity index (χ2n) is 7.41. The maximum absolute atomic E-state index is 13.5. The molecule has 0 atom stereocenters. The van der Waals surface area contributed by atoms with Crippen molar-refractivity contribution in [1.82, 2.24) is 5.43 Å². The topological polar surface area (TPSA) is 79.8 Å². The highest BCUT2D eigenvalue weighted by Gasteiger charge is 2.16. The van der Waals surface area contributed by atoms with Crippen molar-refractivity contribution in [1.29, 1.82) is 0 Å². The summed E-state index contributed by atoms with van der Waals surface area (Å²) in [4.78, 5) is 24.8. The molecule has 2 N–H and O–H groups in total. The second-order valence-corrected chi connectivity index (χ2v) is 9.18. The van der Waals surface area contributed by atoms with Gasteiger partial charge in [0.2, 0.25) is 0 Å². The largest absolute Gasteiger partial charge is 0.421 e. The third-order valence-electron chi connectivity index (χ3n) is 4.89. The third kappa shape index (κ3) is 6.52. The molecule has 4 aromatic rings. The zero-order valence-corrected chi connectivity index (χ0v) is 21.3. The van der Waals surface area contributed by atoms with Crippen LogP contribution in [0.2, 0.25) is 0 Å². The van der Waals surface area contributed by atoms with E-state index < -0.39 is 11.8 Å². The van der Waals surface area contributed by atoms with Gasteiger partial charge in [-0.2, -0.15) is 5.10 Å². The minimum atomic E-state index is -0.731. The van der Waals surface area contributed by atoms with Crippen LogP contribution in [0.3, 0.4) is 0 Å². The maximum Gasteiger partial charge on any atom is 0.343 e. The zero-order chi connectivity index (χ0) is 24.8. The Bertz CT molecular complexity index is 1440. The number of esters is 1. The molecule has 0 spiro atoms. The molecule has 4 rings (SSSR count). The lowest BCUT2D eigenvalue weighted by Crippen LogP contribution is -2.25. The van der Waals surface area contributed by atoms with Gasteiger partial charge >= 0.3 is 5.97 Å². The molecule has 0 unspecified atom stereocenters. The van der Waals surface area contributed by atoms with Crippen LogP contribution in [0.25, 0.3) is 10.8 Å². The van der Waals surface area contributed by atoms with Crippen molar-refractivity contribution in [2.45, 2.75) is 0 Å². The van der Waals surface area contributed by atoms with Crippen LogP contribution in [0.4, 0.5) is 10.1 Å². The molecule has 0 saturated heterocycles. The fraction of sp³-hybridized carbons (Fsp3) is 0.0385. The van der Waals surface area contributed by atoms with Gasteiger partial charge in [0.05, 0.1) is 22.8 Å². The number of carbonyl (C=O) groups is 2. The van der Waals surface area contributed by atoms with Gasteiger partial charge in [0.15, 0.2) is 5.75 Å². The fourth-order valence-corrected chi connectivity index (χ4v) is 4.59. The summed E-state index contributed by atoms with van der Waals surface area (Å²) in [6.45, 7) is 0.0132. The van der Waals surface area contributed by atoms with E-state index >= 15 is 0 Å². The summed E-state index contributed by atoms with van der Waals surface area (Å²) in [5.74, 6) is -1.46. The van der Waals surface area contributed by atoms with Crippen LogP contribution in [0, 0.1) is 5.82 Å². The molecule has 0 saturated carbocycles. The van der Waals surface area contributed by atoms with E-state index in [4.69, 9.17) is 4.74 Å². The van der Waals surface area contributed by atoms with E-state index in [0.29, 0.717) is 14.5 Å². The van der Waals surface area contributed by atoms with Crippen molar-refractivity contribution in [2.24, 2.45) is 5.10 Å². The molecule has 0 aliphatic carbocycles. The number of hydrogen-bond acceptors (Lipinski definition) is 5. The van der Waals surface area contributed by atoms with Crippen molar-refractivity contribution in [3.63, 3.8) is 0 Å². The fourth-order valence-electron chi connectivity index (χ4n) is 3.25. The molecule has 0 heterocycles. The zero-order valence-electron chi connectivity index (χ0n) is 18.1. The number of hydrogen-bond donors (Lipinski definition) is 2. The molecule has 0 aliphatic rings. The number of halogens is 3. The minimum absolute atomic E-state index is 0.0132. The molecule has 35 heavy (non-hydrogen) atoms. The van der Waals surface area contributed by atoms with Crippen LogP contribution < -0.4 is 15.5 Å². The van der Waals surface area contributed by atoms with Crippen molar-refractivity contribution in [3.8, 4) is 5.75 Å². The van der Waals surface area contributed by atoms with Gasteiger partial charge in [-0.25, -0.2) is 14.6 Å². The Balaban J connectivity index is 1.41. The highest BCUT2D eigenvalue weighted by molar-refractivity contribution is 9.11. The van der Waals surface area contributed by atoms with Crippen molar-refractivity contribution >= 4 is 66.4 Å². The lowest BCUT2D eigenvalue weighted by Gasteiger charge is -2.11. The Labute approximate surface area is 217 Å². The van der Waals surface area contributed by atoms with Crippen molar-refractivity contribution in [3.05, 3.63) is 105 Å². The van der Waals surface area contributed by atoms with Gasteiger partial charge in [0, 0.05) is 15.7 Å². The van der Waals surface area contributed by atoms with Crippen LogP contribution in [0.15, 0.2) is 92.9 Å². The molecular formula is C26H18Br2FN3O3. The lowest BCUT2D eigenvalue weighted by atomic mass is 10.1. The molecule has 0 aliphatic heterocycles. The van der Waals surface area contributed by atoms with Crippen LogP contribution in [-0.4, -0.2) is 24.6 Å². The number of fused-ring (bicyclic) bond motifs is 1. The Hall–Kier alpha value is -3.56. The van der Waals surface area contributed by atoms with E-state index in [0.717, 1.165) is 22.5 Å². The highest BCUT2D eigenvalue weighted by atomic mass is 79.9. The summed E-state index contributed by atoms with van der Waals surface area (Å²) < 4.78 is 20.1. The predicted octanol–water partition coefficient (Wildman–Crippen LogP) is 6.29. The monoisotopic (exact) mass is 597 g/mol. The molecule has 0 fully saturated rings. The van der Waals surface area contributed by atoms with Crippen molar-refractivity contribution in [2.75, 3.05) is 11.9 Å². The maximum atomic E-state index is 13.5. The number of rotatable bonds is 7.